The number of nitrogens with zero attached hydrogens (tertiary/aromatic N) is 3. The second-order valence-corrected chi connectivity index (χ2v) is 7.86. The number of likely N-dealkylation sites (tertiary alicyclic amines) is 1. The van der Waals surface area contributed by atoms with E-state index in [1.54, 1.807) is 0 Å². The fraction of sp³-hybridized carbons (Fsp3) is 0.550. The van der Waals surface area contributed by atoms with E-state index in [-0.39, 0.29) is 12.1 Å². The molecule has 1 aliphatic rings. The first-order valence-corrected chi connectivity index (χ1v) is 9.55. The van der Waals surface area contributed by atoms with Crippen LogP contribution < -0.4 is 10.6 Å². The van der Waals surface area contributed by atoms with Gasteiger partial charge in [-0.15, -0.1) is 0 Å². The van der Waals surface area contributed by atoms with Crippen LogP contribution in [0.3, 0.4) is 0 Å². The molecule has 0 radical (unpaired) electrons. The monoisotopic (exact) mass is 371 g/mol. The SMILES string of the molecule is CNc1nc2ccccc2nc1NC[C@H]1CCCCN1C(=O)OC(C)(C)C. The van der Waals surface area contributed by atoms with Crippen LogP contribution in [0.25, 0.3) is 11.0 Å². The lowest BCUT2D eigenvalue weighted by molar-refractivity contribution is 0.0114. The number of aromatic nitrogens is 2. The van der Waals surface area contributed by atoms with E-state index in [0.29, 0.717) is 18.2 Å². The molecule has 1 atom stereocenters. The van der Waals surface area contributed by atoms with Gasteiger partial charge in [0.1, 0.15) is 5.60 Å². The van der Waals surface area contributed by atoms with Crippen molar-refractivity contribution in [2.24, 2.45) is 0 Å². The molecule has 1 amide bonds. The van der Waals surface area contributed by atoms with Crippen LogP contribution in [-0.2, 0) is 4.74 Å². The molecular formula is C20H29N5O2. The van der Waals surface area contributed by atoms with Crippen LogP contribution in [0, 0.1) is 0 Å². The third kappa shape index (κ3) is 4.78. The number of hydrogen-bond acceptors (Lipinski definition) is 6. The van der Waals surface area contributed by atoms with Crippen LogP contribution in [0.5, 0.6) is 0 Å². The Morgan fingerprint density at radius 3 is 2.48 bits per heavy atom. The van der Waals surface area contributed by atoms with E-state index < -0.39 is 5.60 Å². The van der Waals surface area contributed by atoms with Gasteiger partial charge in [-0.1, -0.05) is 12.1 Å². The molecule has 1 aromatic heterocycles. The first kappa shape index (κ1) is 19.2. The summed E-state index contributed by atoms with van der Waals surface area (Å²) in [7, 11) is 1.83. The molecule has 1 fully saturated rings. The van der Waals surface area contributed by atoms with Crippen LogP contribution >= 0.6 is 0 Å². The highest BCUT2D eigenvalue weighted by Gasteiger charge is 2.30. The van der Waals surface area contributed by atoms with Gasteiger partial charge in [-0.25, -0.2) is 14.8 Å². The van der Waals surface area contributed by atoms with Gasteiger partial charge in [0.15, 0.2) is 11.6 Å². The molecule has 27 heavy (non-hydrogen) atoms. The van der Waals surface area contributed by atoms with Crippen LogP contribution in [0.15, 0.2) is 24.3 Å². The van der Waals surface area contributed by atoms with E-state index in [2.05, 4.69) is 20.6 Å². The maximum atomic E-state index is 12.6. The van der Waals surface area contributed by atoms with Gasteiger partial charge in [0.25, 0.3) is 0 Å². The number of ether oxygens (including phenoxy) is 1. The molecule has 3 rings (SSSR count). The molecule has 0 bridgehead atoms. The highest BCUT2D eigenvalue weighted by molar-refractivity contribution is 5.80. The van der Waals surface area contributed by atoms with Crippen molar-refractivity contribution in [1.29, 1.82) is 0 Å². The average molecular weight is 371 g/mol. The average Bonchev–Trinajstić information content (AvgIpc) is 2.64. The summed E-state index contributed by atoms with van der Waals surface area (Å²) in [5.41, 5.74) is 1.20. The molecule has 0 unspecified atom stereocenters. The van der Waals surface area contributed by atoms with Gasteiger partial charge in [0.2, 0.25) is 0 Å². The number of amides is 1. The zero-order valence-electron chi connectivity index (χ0n) is 16.6. The Morgan fingerprint density at radius 2 is 1.85 bits per heavy atom. The van der Waals surface area contributed by atoms with Crippen LogP contribution in [0.4, 0.5) is 16.4 Å². The van der Waals surface area contributed by atoms with Crippen molar-refractivity contribution in [3.8, 4) is 0 Å². The van der Waals surface area contributed by atoms with Crippen molar-refractivity contribution in [1.82, 2.24) is 14.9 Å². The van der Waals surface area contributed by atoms with Crippen LogP contribution in [-0.4, -0.2) is 52.7 Å². The van der Waals surface area contributed by atoms with Crippen LogP contribution in [0.1, 0.15) is 40.0 Å². The maximum absolute atomic E-state index is 12.6. The topological polar surface area (TPSA) is 79.4 Å². The van der Waals surface area contributed by atoms with Gasteiger partial charge in [-0.05, 0) is 52.2 Å². The van der Waals surface area contributed by atoms with E-state index in [4.69, 9.17) is 4.74 Å². The molecular weight excluding hydrogens is 342 g/mol. The van der Waals surface area contributed by atoms with E-state index >= 15 is 0 Å². The standard InChI is InChI=1S/C20H29N5O2/c1-20(2,3)27-19(26)25-12-8-7-9-14(25)13-22-18-17(21-4)23-15-10-5-6-11-16(15)24-18/h5-6,10-11,14H,7-9,12-13H2,1-4H3,(H,21,23)(H,22,24)/t14-/m1/s1. The number of fused-ring (bicyclic) bond motifs is 1. The quantitative estimate of drug-likeness (QED) is 0.849. The summed E-state index contributed by atoms with van der Waals surface area (Å²) in [6.07, 6.45) is 2.82. The van der Waals surface area contributed by atoms with E-state index in [1.807, 2.05) is 57.0 Å². The Bertz CT molecular complexity index is 803. The number of para-hydroxylation sites is 2. The number of anilines is 2. The summed E-state index contributed by atoms with van der Waals surface area (Å²) < 4.78 is 5.58. The Kier molecular flexibility index (Phi) is 5.68. The number of hydrogen-bond donors (Lipinski definition) is 2. The van der Waals surface area contributed by atoms with Crippen molar-refractivity contribution in [3.05, 3.63) is 24.3 Å². The lowest BCUT2D eigenvalue weighted by atomic mass is 10.0. The molecule has 2 N–H and O–H groups in total. The second-order valence-electron chi connectivity index (χ2n) is 7.86. The lowest BCUT2D eigenvalue weighted by Crippen LogP contribution is -2.49. The van der Waals surface area contributed by atoms with E-state index in [0.717, 1.165) is 36.8 Å². The summed E-state index contributed by atoms with van der Waals surface area (Å²) in [6, 6.07) is 7.86. The van der Waals surface area contributed by atoms with Crippen molar-refractivity contribution < 1.29 is 9.53 Å². The summed E-state index contributed by atoms with van der Waals surface area (Å²) in [6.45, 7) is 7.02. The molecule has 1 aromatic carbocycles. The Morgan fingerprint density at radius 1 is 1.19 bits per heavy atom. The highest BCUT2D eigenvalue weighted by atomic mass is 16.6. The fourth-order valence-electron chi connectivity index (χ4n) is 3.29. The second kappa shape index (κ2) is 7.98. The number of carbonyl (C=O) groups excluding carboxylic acids is 1. The van der Waals surface area contributed by atoms with Crippen LogP contribution in [0.2, 0.25) is 0 Å². The van der Waals surface area contributed by atoms with E-state index in [9.17, 15) is 4.79 Å². The van der Waals surface area contributed by atoms with Crippen molar-refractivity contribution in [3.63, 3.8) is 0 Å². The van der Waals surface area contributed by atoms with Gasteiger partial charge in [0, 0.05) is 20.1 Å². The summed E-state index contributed by atoms with van der Waals surface area (Å²) in [5.74, 6) is 1.40. The smallest absolute Gasteiger partial charge is 0.410 e. The molecule has 0 spiro atoms. The minimum absolute atomic E-state index is 0.0755. The third-order valence-corrected chi connectivity index (χ3v) is 4.57. The zero-order valence-corrected chi connectivity index (χ0v) is 16.6. The summed E-state index contributed by atoms with van der Waals surface area (Å²) >= 11 is 0. The normalized spacial score (nSPS) is 17.6. The number of nitrogens with one attached hydrogen (secondary N) is 2. The fourth-order valence-corrected chi connectivity index (χ4v) is 3.29. The predicted octanol–water partition coefficient (Wildman–Crippen LogP) is 3.87. The highest BCUT2D eigenvalue weighted by Crippen LogP contribution is 2.24. The Hall–Kier alpha value is -2.57. The first-order chi connectivity index (χ1) is 12.9. The predicted molar refractivity (Wildman–Crippen MR) is 108 cm³/mol. The Balaban J connectivity index is 1.74. The number of carbonyl (C=O) groups is 1. The van der Waals surface area contributed by atoms with Gasteiger partial charge in [-0.2, -0.15) is 0 Å². The van der Waals surface area contributed by atoms with Gasteiger partial charge >= 0.3 is 6.09 Å². The first-order valence-electron chi connectivity index (χ1n) is 9.55. The molecule has 0 aliphatic carbocycles. The molecule has 7 heteroatoms. The number of piperidine rings is 1. The minimum Gasteiger partial charge on any atom is -0.444 e. The number of benzene rings is 1. The molecule has 0 saturated carbocycles. The molecule has 1 saturated heterocycles. The van der Waals surface area contributed by atoms with Crippen molar-refractivity contribution in [2.75, 3.05) is 30.8 Å². The largest absolute Gasteiger partial charge is 0.444 e. The molecule has 2 heterocycles. The van der Waals surface area contributed by atoms with E-state index in [1.165, 1.54) is 0 Å². The van der Waals surface area contributed by atoms with Gasteiger partial charge in [0.05, 0.1) is 17.1 Å². The third-order valence-electron chi connectivity index (χ3n) is 4.57. The van der Waals surface area contributed by atoms with Gasteiger partial charge < -0.3 is 20.3 Å². The molecule has 146 valence electrons. The van der Waals surface area contributed by atoms with Crippen molar-refractivity contribution >= 4 is 28.8 Å². The number of rotatable bonds is 4. The lowest BCUT2D eigenvalue weighted by Gasteiger charge is -2.37. The summed E-state index contributed by atoms with van der Waals surface area (Å²) in [5, 5.41) is 6.49. The van der Waals surface area contributed by atoms with Crippen molar-refractivity contribution in [2.45, 2.75) is 51.7 Å². The molecule has 2 aromatic rings. The molecule has 1 aliphatic heterocycles. The maximum Gasteiger partial charge on any atom is 0.410 e. The Labute approximate surface area is 160 Å². The van der Waals surface area contributed by atoms with Gasteiger partial charge in [-0.3, -0.25) is 0 Å². The summed E-state index contributed by atoms with van der Waals surface area (Å²) in [4.78, 5) is 23.7. The zero-order chi connectivity index (χ0) is 19.4. The molecule has 7 nitrogen and oxygen atoms in total. The minimum atomic E-state index is -0.490.